The number of hydrogen-bond acceptors (Lipinski definition) is 4. The van der Waals surface area contributed by atoms with Crippen molar-refractivity contribution in [3.8, 4) is 18.1 Å². The van der Waals surface area contributed by atoms with Crippen molar-refractivity contribution < 1.29 is 23.5 Å². The molecule has 2 aromatic carbocycles. The molecule has 0 fully saturated rings. The lowest BCUT2D eigenvalue weighted by Gasteiger charge is -2.21. The summed E-state index contributed by atoms with van der Waals surface area (Å²) < 4.78 is 23.2. The van der Waals surface area contributed by atoms with E-state index in [-0.39, 0.29) is 18.2 Å². The molecule has 0 saturated carbocycles. The van der Waals surface area contributed by atoms with Crippen LogP contribution in [0.25, 0.3) is 0 Å². The molecule has 2 aromatic rings. The van der Waals surface area contributed by atoms with Gasteiger partial charge in [0.25, 0.3) is 0 Å². The molecule has 7 heteroatoms. The summed E-state index contributed by atoms with van der Waals surface area (Å²) in [5, 5.41) is 2.48. The molecular formula is C20H19FN2O4. The van der Waals surface area contributed by atoms with Crippen LogP contribution in [0.4, 0.5) is 25.4 Å². The molecule has 2 amide bonds. The molecule has 0 aromatic heterocycles. The first-order valence-corrected chi connectivity index (χ1v) is 8.25. The number of benzene rings is 2. The number of carbonyl (C=O) groups excluding carboxylic acids is 2. The third-order valence-corrected chi connectivity index (χ3v) is 3.38. The molecular weight excluding hydrogens is 351 g/mol. The van der Waals surface area contributed by atoms with Crippen molar-refractivity contribution in [2.75, 3.05) is 23.4 Å². The molecule has 6 nitrogen and oxygen atoms in total. The van der Waals surface area contributed by atoms with E-state index >= 15 is 0 Å². The average molecular weight is 370 g/mol. The standard InChI is InChI=1S/C20H19FN2O4/c1-3-12-23(17-10-8-15(21)9-11-17)20(25)27-18-7-5-6-16(14-18)22-19(24)26-13-4-2/h2,5-11,14H,3,12-13H2,1H3,(H,22,24). The normalized spacial score (nSPS) is 9.81. The lowest BCUT2D eigenvalue weighted by Crippen LogP contribution is -2.34. The minimum atomic E-state index is -0.713. The van der Waals surface area contributed by atoms with E-state index in [0.717, 1.165) is 0 Å². The van der Waals surface area contributed by atoms with Gasteiger partial charge in [0, 0.05) is 24.0 Å². The van der Waals surface area contributed by atoms with Crippen LogP contribution in [-0.2, 0) is 4.74 Å². The number of amides is 2. The maximum atomic E-state index is 13.1. The lowest BCUT2D eigenvalue weighted by atomic mass is 10.2. The van der Waals surface area contributed by atoms with Crippen molar-refractivity contribution in [1.82, 2.24) is 0 Å². The number of terminal acetylenes is 1. The summed E-state index contributed by atoms with van der Waals surface area (Å²) in [4.78, 5) is 25.5. The van der Waals surface area contributed by atoms with Gasteiger partial charge in [-0.05, 0) is 42.8 Å². The Morgan fingerprint density at radius 2 is 1.96 bits per heavy atom. The van der Waals surface area contributed by atoms with E-state index in [1.807, 2.05) is 6.92 Å². The Bertz CT molecular complexity index is 831. The summed E-state index contributed by atoms with van der Waals surface area (Å²) in [6.45, 7) is 2.17. The minimum absolute atomic E-state index is 0.149. The highest BCUT2D eigenvalue weighted by atomic mass is 19.1. The first kappa shape index (κ1) is 19.8. The molecule has 0 radical (unpaired) electrons. The third-order valence-electron chi connectivity index (χ3n) is 3.38. The van der Waals surface area contributed by atoms with Gasteiger partial charge in [-0.3, -0.25) is 10.2 Å². The monoisotopic (exact) mass is 370 g/mol. The predicted molar refractivity (Wildman–Crippen MR) is 100 cm³/mol. The van der Waals surface area contributed by atoms with Crippen molar-refractivity contribution in [3.63, 3.8) is 0 Å². The molecule has 0 aliphatic carbocycles. The highest BCUT2D eigenvalue weighted by Gasteiger charge is 2.17. The van der Waals surface area contributed by atoms with Gasteiger partial charge in [-0.15, -0.1) is 6.42 Å². The number of carbonyl (C=O) groups is 2. The van der Waals surface area contributed by atoms with Crippen LogP contribution in [0.1, 0.15) is 13.3 Å². The molecule has 0 unspecified atom stereocenters. The number of anilines is 2. The number of ether oxygens (including phenoxy) is 2. The zero-order valence-electron chi connectivity index (χ0n) is 14.8. The maximum Gasteiger partial charge on any atom is 0.419 e. The van der Waals surface area contributed by atoms with Gasteiger partial charge in [-0.2, -0.15) is 0 Å². The molecule has 1 N–H and O–H groups in total. The van der Waals surface area contributed by atoms with Gasteiger partial charge in [0.05, 0.1) is 0 Å². The van der Waals surface area contributed by atoms with Gasteiger partial charge < -0.3 is 9.47 Å². The van der Waals surface area contributed by atoms with E-state index in [4.69, 9.17) is 15.9 Å². The van der Waals surface area contributed by atoms with Crippen LogP contribution < -0.4 is 15.0 Å². The molecule has 0 aliphatic rings. The van der Waals surface area contributed by atoms with Crippen LogP contribution in [0.15, 0.2) is 48.5 Å². The minimum Gasteiger partial charge on any atom is -0.436 e. The van der Waals surface area contributed by atoms with Crippen LogP contribution in [0.2, 0.25) is 0 Å². The smallest absolute Gasteiger partial charge is 0.419 e. The van der Waals surface area contributed by atoms with Crippen LogP contribution in [0.5, 0.6) is 5.75 Å². The zero-order valence-corrected chi connectivity index (χ0v) is 14.8. The number of halogens is 1. The summed E-state index contributed by atoms with van der Waals surface area (Å²) in [5.41, 5.74) is 0.904. The second kappa shape index (κ2) is 9.82. The Morgan fingerprint density at radius 1 is 1.22 bits per heavy atom. The molecule has 0 saturated heterocycles. The topological polar surface area (TPSA) is 67.9 Å². The lowest BCUT2D eigenvalue weighted by molar-refractivity contribution is 0.176. The Kier molecular flexibility index (Phi) is 7.20. The highest BCUT2D eigenvalue weighted by molar-refractivity contribution is 5.89. The molecule has 0 atom stereocenters. The van der Waals surface area contributed by atoms with Crippen molar-refractivity contribution in [2.45, 2.75) is 13.3 Å². The summed E-state index contributed by atoms with van der Waals surface area (Å²) in [5.74, 6) is 2.03. The fourth-order valence-electron chi connectivity index (χ4n) is 2.22. The van der Waals surface area contributed by atoms with Gasteiger partial charge in [-0.25, -0.2) is 14.0 Å². The molecule has 0 spiro atoms. The zero-order chi connectivity index (χ0) is 19.6. The first-order chi connectivity index (χ1) is 13.0. The van der Waals surface area contributed by atoms with Crippen LogP contribution in [0.3, 0.4) is 0 Å². The predicted octanol–water partition coefficient (Wildman–Crippen LogP) is 4.42. The Hall–Kier alpha value is -3.53. The van der Waals surface area contributed by atoms with Gasteiger partial charge in [0.1, 0.15) is 11.6 Å². The number of rotatable bonds is 6. The number of nitrogens with zero attached hydrogens (tertiary/aromatic N) is 1. The Morgan fingerprint density at radius 3 is 2.63 bits per heavy atom. The average Bonchev–Trinajstić information content (AvgIpc) is 2.65. The number of hydrogen-bond donors (Lipinski definition) is 1. The van der Waals surface area contributed by atoms with E-state index in [1.54, 1.807) is 18.2 Å². The van der Waals surface area contributed by atoms with Crippen molar-refractivity contribution in [1.29, 1.82) is 0 Å². The molecule has 0 aliphatic heterocycles. The molecule has 0 bridgehead atoms. The largest absolute Gasteiger partial charge is 0.436 e. The SMILES string of the molecule is C#CCOC(=O)Nc1cccc(OC(=O)N(CCC)c2ccc(F)cc2)c1. The third kappa shape index (κ3) is 6.04. The molecule has 0 heterocycles. The number of nitrogens with one attached hydrogen (secondary N) is 1. The van der Waals surface area contributed by atoms with Gasteiger partial charge >= 0.3 is 12.2 Å². The summed E-state index contributed by atoms with van der Waals surface area (Å²) >= 11 is 0. The molecule has 2 rings (SSSR count). The summed E-state index contributed by atoms with van der Waals surface area (Å²) in [6.07, 6.45) is 4.38. The molecule has 27 heavy (non-hydrogen) atoms. The summed E-state index contributed by atoms with van der Waals surface area (Å²) in [6, 6.07) is 11.8. The van der Waals surface area contributed by atoms with Gasteiger partial charge in [0.2, 0.25) is 0 Å². The maximum absolute atomic E-state index is 13.1. The fourth-order valence-corrected chi connectivity index (χ4v) is 2.22. The molecule has 140 valence electrons. The van der Waals surface area contributed by atoms with E-state index in [0.29, 0.717) is 24.3 Å². The van der Waals surface area contributed by atoms with Crippen LogP contribution >= 0.6 is 0 Å². The van der Waals surface area contributed by atoms with Gasteiger partial charge in [-0.1, -0.05) is 18.9 Å². The quantitative estimate of drug-likeness (QED) is 0.764. The van der Waals surface area contributed by atoms with E-state index in [9.17, 15) is 14.0 Å². The van der Waals surface area contributed by atoms with E-state index in [1.165, 1.54) is 35.2 Å². The Labute approximate surface area is 156 Å². The summed E-state index contributed by atoms with van der Waals surface area (Å²) in [7, 11) is 0. The van der Waals surface area contributed by atoms with Gasteiger partial charge in [0.15, 0.2) is 6.61 Å². The van der Waals surface area contributed by atoms with Crippen LogP contribution in [-0.4, -0.2) is 25.3 Å². The first-order valence-electron chi connectivity index (χ1n) is 8.25. The second-order valence-electron chi connectivity index (χ2n) is 5.43. The van der Waals surface area contributed by atoms with Crippen molar-refractivity contribution in [3.05, 3.63) is 54.3 Å². The second-order valence-corrected chi connectivity index (χ2v) is 5.43. The Balaban J connectivity index is 2.08. The van der Waals surface area contributed by atoms with E-state index < -0.39 is 12.2 Å². The van der Waals surface area contributed by atoms with Crippen molar-refractivity contribution >= 4 is 23.6 Å². The van der Waals surface area contributed by atoms with Crippen LogP contribution in [0, 0.1) is 18.2 Å². The van der Waals surface area contributed by atoms with E-state index in [2.05, 4.69) is 11.2 Å². The van der Waals surface area contributed by atoms with Crippen molar-refractivity contribution in [2.24, 2.45) is 0 Å². The highest BCUT2D eigenvalue weighted by Crippen LogP contribution is 2.21. The fraction of sp³-hybridized carbons (Fsp3) is 0.200.